The maximum atomic E-state index is 4.23. The second kappa shape index (κ2) is 11.7. The number of hydrogen-bond acceptors (Lipinski definition) is 1. The molecule has 1 nitrogen and oxygen atoms in total. The van der Waals surface area contributed by atoms with E-state index in [0.717, 1.165) is 5.75 Å². The summed E-state index contributed by atoms with van der Waals surface area (Å²) in [6.45, 7) is 0. The minimum Gasteiger partial charge on any atom is -0.365 e. The summed E-state index contributed by atoms with van der Waals surface area (Å²) in [5, 5.41) is 0. The normalized spacial score (nSPS) is 10.9. The van der Waals surface area contributed by atoms with Crippen LogP contribution in [0.4, 0.5) is 0 Å². The van der Waals surface area contributed by atoms with Crippen LogP contribution in [0.25, 0.3) is 0 Å². The van der Waals surface area contributed by atoms with Crippen LogP contribution in [0.5, 0.6) is 0 Å². The van der Waals surface area contributed by atoms with Gasteiger partial charge in [-0.05, 0) is 37.1 Å². The second-order valence-corrected chi connectivity index (χ2v) is 5.65. The van der Waals surface area contributed by atoms with Crippen LogP contribution in [0.2, 0.25) is 0 Å². The number of H-pyrrole nitrogens is 1. The number of hydrogen-bond donors (Lipinski definition) is 2. The van der Waals surface area contributed by atoms with E-state index in [0.29, 0.717) is 0 Å². The van der Waals surface area contributed by atoms with Gasteiger partial charge in [0.25, 0.3) is 0 Å². The van der Waals surface area contributed by atoms with Gasteiger partial charge >= 0.3 is 0 Å². The van der Waals surface area contributed by atoms with E-state index in [2.05, 4.69) is 29.7 Å². The first-order chi connectivity index (χ1) is 8.93. The lowest BCUT2D eigenvalue weighted by atomic mass is 10.1. The number of rotatable bonds is 12. The third kappa shape index (κ3) is 8.68. The first-order valence-corrected chi connectivity index (χ1v) is 8.30. The molecule has 0 aliphatic rings. The second-order valence-electron chi connectivity index (χ2n) is 5.20. The predicted molar refractivity (Wildman–Crippen MR) is 84.5 cm³/mol. The van der Waals surface area contributed by atoms with Gasteiger partial charge < -0.3 is 4.98 Å². The number of aromatic nitrogens is 1. The summed E-state index contributed by atoms with van der Waals surface area (Å²) in [5.74, 6) is 1.06. The molecule has 2 heteroatoms. The van der Waals surface area contributed by atoms with E-state index in [-0.39, 0.29) is 0 Å². The monoisotopic (exact) mass is 267 g/mol. The molecular formula is C16H29NS. The summed E-state index contributed by atoms with van der Waals surface area (Å²) in [6, 6.07) is 4.27. The molecule has 0 unspecified atom stereocenters. The molecule has 0 aromatic carbocycles. The fourth-order valence-corrected chi connectivity index (χ4v) is 2.59. The van der Waals surface area contributed by atoms with Crippen molar-refractivity contribution in [2.24, 2.45) is 0 Å². The van der Waals surface area contributed by atoms with Crippen molar-refractivity contribution in [3.05, 3.63) is 24.0 Å². The molecule has 0 amide bonds. The van der Waals surface area contributed by atoms with Gasteiger partial charge in [0.1, 0.15) is 0 Å². The molecule has 1 aromatic heterocycles. The van der Waals surface area contributed by atoms with Crippen molar-refractivity contribution < 1.29 is 0 Å². The zero-order valence-electron chi connectivity index (χ0n) is 11.7. The average Bonchev–Trinajstić information content (AvgIpc) is 2.89. The van der Waals surface area contributed by atoms with E-state index < -0.39 is 0 Å². The minimum absolute atomic E-state index is 1.06. The zero-order chi connectivity index (χ0) is 12.9. The van der Waals surface area contributed by atoms with Crippen molar-refractivity contribution in [1.82, 2.24) is 4.98 Å². The predicted octanol–water partition coefficient (Wildman–Crippen LogP) is 5.39. The van der Waals surface area contributed by atoms with Gasteiger partial charge in [-0.15, -0.1) is 0 Å². The van der Waals surface area contributed by atoms with Crippen molar-refractivity contribution in [1.29, 1.82) is 0 Å². The first-order valence-electron chi connectivity index (χ1n) is 7.66. The molecule has 1 rings (SSSR count). The molecule has 0 saturated carbocycles. The van der Waals surface area contributed by atoms with Crippen LogP contribution < -0.4 is 0 Å². The molecular weight excluding hydrogens is 238 g/mol. The Labute approximate surface area is 118 Å². The summed E-state index contributed by atoms with van der Waals surface area (Å²) >= 11 is 4.23. The minimum atomic E-state index is 1.06. The van der Waals surface area contributed by atoms with Crippen LogP contribution in [0.15, 0.2) is 18.3 Å². The quantitative estimate of drug-likeness (QED) is 0.373. The maximum Gasteiger partial charge on any atom is 0.0147 e. The van der Waals surface area contributed by atoms with Crippen LogP contribution in [0.3, 0.4) is 0 Å². The summed E-state index contributed by atoms with van der Waals surface area (Å²) in [7, 11) is 0. The number of aryl methyl sites for hydroxylation is 1. The molecule has 0 aliphatic carbocycles. The van der Waals surface area contributed by atoms with E-state index in [1.54, 1.807) is 0 Å². The first kappa shape index (κ1) is 15.7. The van der Waals surface area contributed by atoms with Crippen LogP contribution >= 0.6 is 12.6 Å². The zero-order valence-corrected chi connectivity index (χ0v) is 12.6. The van der Waals surface area contributed by atoms with Crippen LogP contribution in [-0.2, 0) is 6.42 Å². The van der Waals surface area contributed by atoms with Crippen molar-refractivity contribution in [2.45, 2.75) is 70.6 Å². The lowest BCUT2D eigenvalue weighted by molar-refractivity contribution is 0.556. The fraction of sp³-hybridized carbons (Fsp3) is 0.750. The molecule has 0 atom stereocenters. The molecule has 0 saturated heterocycles. The van der Waals surface area contributed by atoms with Crippen LogP contribution in [-0.4, -0.2) is 10.7 Å². The Bertz CT molecular complexity index is 256. The molecule has 18 heavy (non-hydrogen) atoms. The van der Waals surface area contributed by atoms with Gasteiger partial charge in [0, 0.05) is 11.9 Å². The molecule has 0 spiro atoms. The van der Waals surface area contributed by atoms with Crippen LogP contribution in [0, 0.1) is 0 Å². The smallest absolute Gasteiger partial charge is 0.0147 e. The maximum absolute atomic E-state index is 4.23. The molecule has 0 fully saturated rings. The van der Waals surface area contributed by atoms with Crippen molar-refractivity contribution in [3.8, 4) is 0 Å². The molecule has 1 heterocycles. The highest BCUT2D eigenvalue weighted by Crippen LogP contribution is 2.12. The average molecular weight is 267 g/mol. The number of aromatic amines is 1. The van der Waals surface area contributed by atoms with Crippen molar-refractivity contribution in [3.63, 3.8) is 0 Å². The van der Waals surface area contributed by atoms with Gasteiger partial charge in [0.05, 0.1) is 0 Å². The molecule has 104 valence electrons. The molecule has 1 aromatic rings. The van der Waals surface area contributed by atoms with E-state index in [4.69, 9.17) is 0 Å². The topological polar surface area (TPSA) is 15.8 Å². The Hall–Kier alpha value is -0.370. The van der Waals surface area contributed by atoms with E-state index in [1.165, 1.54) is 76.3 Å². The van der Waals surface area contributed by atoms with Gasteiger partial charge in [-0.25, -0.2) is 0 Å². The third-order valence-electron chi connectivity index (χ3n) is 3.52. The summed E-state index contributed by atoms with van der Waals surface area (Å²) in [4.78, 5) is 3.27. The highest BCUT2D eigenvalue weighted by Gasteiger charge is 1.95. The SMILES string of the molecule is SCCCCCCCCCCCCc1ccc[nH]1. The Kier molecular flexibility index (Phi) is 10.2. The lowest BCUT2D eigenvalue weighted by Crippen LogP contribution is -1.86. The van der Waals surface area contributed by atoms with Crippen molar-refractivity contribution >= 4 is 12.6 Å². The van der Waals surface area contributed by atoms with Gasteiger partial charge in [-0.1, -0.05) is 51.4 Å². The Morgan fingerprint density at radius 1 is 0.778 bits per heavy atom. The van der Waals surface area contributed by atoms with E-state index in [1.807, 2.05) is 6.20 Å². The van der Waals surface area contributed by atoms with Gasteiger partial charge in [0.15, 0.2) is 0 Å². The lowest BCUT2D eigenvalue weighted by Gasteiger charge is -2.02. The van der Waals surface area contributed by atoms with E-state index in [9.17, 15) is 0 Å². The third-order valence-corrected chi connectivity index (χ3v) is 3.83. The Morgan fingerprint density at radius 2 is 1.33 bits per heavy atom. The standard InChI is InChI=1S/C16H29NS/c18-15-10-8-6-4-2-1-3-5-7-9-12-16-13-11-14-17-16/h11,13-14,17-18H,1-10,12,15H2. The molecule has 0 radical (unpaired) electrons. The van der Waals surface area contributed by atoms with Crippen LogP contribution in [0.1, 0.15) is 69.9 Å². The highest BCUT2D eigenvalue weighted by molar-refractivity contribution is 7.80. The van der Waals surface area contributed by atoms with Gasteiger partial charge in [0.2, 0.25) is 0 Å². The Balaban J connectivity index is 1.73. The molecule has 0 aliphatic heterocycles. The van der Waals surface area contributed by atoms with Crippen molar-refractivity contribution in [2.75, 3.05) is 5.75 Å². The van der Waals surface area contributed by atoms with E-state index >= 15 is 0 Å². The Morgan fingerprint density at radius 3 is 1.83 bits per heavy atom. The molecule has 1 N–H and O–H groups in total. The fourth-order valence-electron chi connectivity index (χ4n) is 2.36. The summed E-state index contributed by atoms with van der Waals surface area (Å²) in [6.07, 6.45) is 17.2. The number of thiol groups is 1. The number of unbranched alkanes of at least 4 members (excludes halogenated alkanes) is 9. The van der Waals surface area contributed by atoms with Gasteiger partial charge in [-0.2, -0.15) is 12.6 Å². The largest absolute Gasteiger partial charge is 0.365 e. The summed E-state index contributed by atoms with van der Waals surface area (Å²) in [5.41, 5.74) is 1.39. The van der Waals surface area contributed by atoms with Gasteiger partial charge in [-0.3, -0.25) is 0 Å². The molecule has 0 bridgehead atoms. The number of nitrogens with one attached hydrogen (secondary N) is 1. The summed E-state index contributed by atoms with van der Waals surface area (Å²) < 4.78 is 0. The highest BCUT2D eigenvalue weighted by atomic mass is 32.1.